The number of carbonyl (C=O) groups excluding carboxylic acids is 2. The second-order valence-corrected chi connectivity index (χ2v) is 5.42. The number of nitrogens with one attached hydrogen (secondary N) is 2. The SMILES string of the molecule is COc1ccc(OC)c(/C=C/C(=O)NCC(=O)NCc2ccccc2)c1. The van der Waals surface area contributed by atoms with Gasteiger partial charge in [0.25, 0.3) is 0 Å². The van der Waals surface area contributed by atoms with Crippen LogP contribution in [-0.2, 0) is 16.1 Å². The molecule has 2 aromatic rings. The zero-order valence-electron chi connectivity index (χ0n) is 14.8. The average Bonchev–Trinajstić information content (AvgIpc) is 2.69. The predicted octanol–water partition coefficient (Wildman–Crippen LogP) is 2.15. The van der Waals surface area contributed by atoms with Crippen molar-refractivity contribution in [3.05, 3.63) is 65.7 Å². The van der Waals surface area contributed by atoms with Crippen LogP contribution in [0.25, 0.3) is 6.08 Å². The molecule has 0 aliphatic heterocycles. The Morgan fingerprint density at radius 3 is 2.46 bits per heavy atom. The monoisotopic (exact) mass is 354 g/mol. The van der Waals surface area contributed by atoms with Crippen LogP contribution in [0.15, 0.2) is 54.6 Å². The molecule has 6 nitrogen and oxygen atoms in total. The van der Waals surface area contributed by atoms with Gasteiger partial charge in [-0.1, -0.05) is 30.3 Å². The molecule has 2 aromatic carbocycles. The summed E-state index contributed by atoms with van der Waals surface area (Å²) in [5.41, 5.74) is 1.70. The van der Waals surface area contributed by atoms with Gasteiger partial charge in [-0.15, -0.1) is 0 Å². The first-order valence-electron chi connectivity index (χ1n) is 8.11. The maximum Gasteiger partial charge on any atom is 0.244 e. The minimum absolute atomic E-state index is 0.0920. The van der Waals surface area contributed by atoms with Gasteiger partial charge in [0, 0.05) is 18.2 Å². The van der Waals surface area contributed by atoms with Crippen molar-refractivity contribution < 1.29 is 19.1 Å². The molecule has 0 fully saturated rings. The quantitative estimate of drug-likeness (QED) is 0.712. The number of amides is 2. The molecule has 0 spiro atoms. The molecule has 0 radical (unpaired) electrons. The van der Waals surface area contributed by atoms with E-state index in [1.807, 2.05) is 30.3 Å². The van der Waals surface area contributed by atoms with Crippen molar-refractivity contribution in [3.63, 3.8) is 0 Å². The Labute approximate surface area is 152 Å². The molecule has 2 amide bonds. The number of carbonyl (C=O) groups is 2. The lowest BCUT2D eigenvalue weighted by atomic mass is 10.1. The van der Waals surface area contributed by atoms with Crippen molar-refractivity contribution in [1.29, 1.82) is 0 Å². The van der Waals surface area contributed by atoms with Gasteiger partial charge in [0.1, 0.15) is 11.5 Å². The standard InChI is InChI=1S/C20H22N2O4/c1-25-17-9-10-18(26-2)16(12-17)8-11-19(23)22-14-20(24)21-13-15-6-4-3-5-7-15/h3-12H,13-14H2,1-2H3,(H,21,24)(H,22,23)/b11-8+. The number of hydrogen-bond acceptors (Lipinski definition) is 4. The van der Waals surface area contributed by atoms with Crippen LogP contribution in [0.2, 0.25) is 0 Å². The van der Waals surface area contributed by atoms with Gasteiger partial charge in [0.15, 0.2) is 0 Å². The third-order valence-corrected chi connectivity index (χ3v) is 3.61. The van der Waals surface area contributed by atoms with Gasteiger partial charge in [0.05, 0.1) is 20.8 Å². The van der Waals surface area contributed by atoms with E-state index in [2.05, 4.69) is 10.6 Å². The zero-order valence-corrected chi connectivity index (χ0v) is 14.8. The fraction of sp³-hybridized carbons (Fsp3) is 0.200. The maximum atomic E-state index is 11.9. The van der Waals surface area contributed by atoms with Crippen LogP contribution < -0.4 is 20.1 Å². The van der Waals surface area contributed by atoms with Gasteiger partial charge in [-0.25, -0.2) is 0 Å². The molecule has 6 heteroatoms. The van der Waals surface area contributed by atoms with Crippen LogP contribution in [0.1, 0.15) is 11.1 Å². The average molecular weight is 354 g/mol. The molecule has 0 saturated heterocycles. The van der Waals surface area contributed by atoms with E-state index >= 15 is 0 Å². The molecule has 2 N–H and O–H groups in total. The topological polar surface area (TPSA) is 76.7 Å². The van der Waals surface area contributed by atoms with Crippen molar-refractivity contribution >= 4 is 17.9 Å². The third-order valence-electron chi connectivity index (χ3n) is 3.61. The number of rotatable bonds is 8. The van der Waals surface area contributed by atoms with Gasteiger partial charge in [0.2, 0.25) is 11.8 Å². The number of ether oxygens (including phenoxy) is 2. The van der Waals surface area contributed by atoms with Crippen LogP contribution in [-0.4, -0.2) is 32.6 Å². The highest BCUT2D eigenvalue weighted by Crippen LogP contribution is 2.24. The molecule has 0 aliphatic rings. The fourth-order valence-corrected chi connectivity index (χ4v) is 2.22. The minimum Gasteiger partial charge on any atom is -0.497 e. The second kappa shape index (κ2) is 9.88. The zero-order chi connectivity index (χ0) is 18.8. The first-order valence-corrected chi connectivity index (χ1v) is 8.11. The van der Waals surface area contributed by atoms with E-state index in [1.165, 1.54) is 6.08 Å². The summed E-state index contributed by atoms with van der Waals surface area (Å²) in [7, 11) is 3.12. The lowest BCUT2D eigenvalue weighted by Gasteiger charge is -2.07. The Balaban J connectivity index is 1.82. The van der Waals surface area contributed by atoms with Crippen LogP contribution in [0.5, 0.6) is 11.5 Å². The highest BCUT2D eigenvalue weighted by Gasteiger charge is 2.05. The summed E-state index contributed by atoms with van der Waals surface area (Å²) in [6, 6.07) is 14.8. The van der Waals surface area contributed by atoms with Gasteiger partial charge in [-0.2, -0.15) is 0 Å². The summed E-state index contributed by atoms with van der Waals surface area (Å²) in [4.78, 5) is 23.7. The van der Waals surface area contributed by atoms with E-state index < -0.39 is 0 Å². The summed E-state index contributed by atoms with van der Waals surface area (Å²) < 4.78 is 10.4. The highest BCUT2D eigenvalue weighted by molar-refractivity contribution is 5.94. The Hall–Kier alpha value is -3.28. The first-order chi connectivity index (χ1) is 12.6. The molecule has 0 bridgehead atoms. The fourth-order valence-electron chi connectivity index (χ4n) is 2.22. The van der Waals surface area contributed by atoms with E-state index in [0.29, 0.717) is 23.6 Å². The number of benzene rings is 2. The van der Waals surface area contributed by atoms with E-state index in [-0.39, 0.29) is 18.4 Å². The van der Waals surface area contributed by atoms with Crippen molar-refractivity contribution in [2.24, 2.45) is 0 Å². The molecule has 136 valence electrons. The molecule has 0 heterocycles. The predicted molar refractivity (Wildman–Crippen MR) is 99.9 cm³/mol. The summed E-state index contributed by atoms with van der Waals surface area (Å²) >= 11 is 0. The van der Waals surface area contributed by atoms with Crippen LogP contribution in [0.3, 0.4) is 0 Å². The number of hydrogen-bond donors (Lipinski definition) is 2. The van der Waals surface area contributed by atoms with Gasteiger partial charge >= 0.3 is 0 Å². The lowest BCUT2D eigenvalue weighted by Crippen LogP contribution is -2.35. The minimum atomic E-state index is -0.371. The molecule has 0 atom stereocenters. The molecule has 2 rings (SSSR count). The van der Waals surface area contributed by atoms with Gasteiger partial charge < -0.3 is 20.1 Å². The first kappa shape index (κ1) is 19.1. The molecular formula is C20H22N2O4. The molecule has 0 saturated carbocycles. The van der Waals surface area contributed by atoms with Gasteiger partial charge in [-0.05, 0) is 29.8 Å². The third kappa shape index (κ3) is 5.98. The lowest BCUT2D eigenvalue weighted by molar-refractivity contribution is -0.124. The molecule has 26 heavy (non-hydrogen) atoms. The van der Waals surface area contributed by atoms with Crippen LogP contribution in [0, 0.1) is 0 Å². The maximum absolute atomic E-state index is 11.9. The Morgan fingerprint density at radius 2 is 1.77 bits per heavy atom. The summed E-state index contributed by atoms with van der Waals surface area (Å²) in [5, 5.41) is 5.29. The smallest absolute Gasteiger partial charge is 0.244 e. The van der Waals surface area contributed by atoms with E-state index in [0.717, 1.165) is 5.56 Å². The van der Waals surface area contributed by atoms with Crippen molar-refractivity contribution in [2.75, 3.05) is 20.8 Å². The molecule has 0 unspecified atom stereocenters. The van der Waals surface area contributed by atoms with E-state index in [9.17, 15) is 9.59 Å². The summed E-state index contributed by atoms with van der Waals surface area (Å²) in [6.45, 7) is 0.331. The summed E-state index contributed by atoms with van der Waals surface area (Å²) in [6.07, 6.45) is 2.96. The Bertz CT molecular complexity index is 773. The van der Waals surface area contributed by atoms with Crippen LogP contribution >= 0.6 is 0 Å². The Kier molecular flexibility index (Phi) is 7.24. The molecular weight excluding hydrogens is 332 g/mol. The number of methoxy groups -OCH3 is 2. The highest BCUT2D eigenvalue weighted by atomic mass is 16.5. The van der Waals surface area contributed by atoms with Crippen LogP contribution in [0.4, 0.5) is 0 Å². The van der Waals surface area contributed by atoms with Gasteiger partial charge in [-0.3, -0.25) is 9.59 Å². The largest absolute Gasteiger partial charge is 0.497 e. The molecule has 0 aromatic heterocycles. The van der Waals surface area contributed by atoms with Crippen molar-refractivity contribution in [2.45, 2.75) is 6.54 Å². The second-order valence-electron chi connectivity index (χ2n) is 5.42. The van der Waals surface area contributed by atoms with E-state index in [1.54, 1.807) is 38.5 Å². The normalized spacial score (nSPS) is 10.4. The van der Waals surface area contributed by atoms with E-state index in [4.69, 9.17) is 9.47 Å². The van der Waals surface area contributed by atoms with Crippen molar-refractivity contribution in [3.8, 4) is 11.5 Å². The summed E-state index contributed by atoms with van der Waals surface area (Å²) in [5.74, 6) is 0.654. The Morgan fingerprint density at radius 1 is 1.00 bits per heavy atom. The van der Waals surface area contributed by atoms with Crippen molar-refractivity contribution in [1.82, 2.24) is 10.6 Å². The molecule has 0 aliphatic carbocycles.